The minimum atomic E-state index is -4.48. The Hall–Kier alpha value is -1.51. The Morgan fingerprint density at radius 1 is 1.44 bits per heavy atom. The lowest BCUT2D eigenvalue weighted by Gasteiger charge is -2.23. The van der Waals surface area contributed by atoms with Crippen molar-refractivity contribution in [3.05, 3.63) is 23.8 Å². The van der Waals surface area contributed by atoms with E-state index in [1.165, 1.54) is 6.07 Å². The number of carbonyl (C=O) groups excluding carboxylic acids is 1. The van der Waals surface area contributed by atoms with Gasteiger partial charge in [0.25, 0.3) is 0 Å². The van der Waals surface area contributed by atoms with Gasteiger partial charge in [-0.05, 0) is 24.6 Å². The van der Waals surface area contributed by atoms with Gasteiger partial charge in [0.2, 0.25) is 5.91 Å². The maximum absolute atomic E-state index is 12.9. The van der Waals surface area contributed by atoms with Crippen molar-refractivity contribution in [2.75, 3.05) is 31.7 Å². The Kier molecular flexibility index (Phi) is 8.47. The second-order valence-corrected chi connectivity index (χ2v) is 5.54. The third-order valence-corrected chi connectivity index (χ3v) is 3.47. The number of ether oxygens (including phenoxy) is 2. The number of amides is 1. The van der Waals surface area contributed by atoms with Crippen molar-refractivity contribution in [2.45, 2.75) is 32.0 Å². The fraction of sp³-hybridized carbons (Fsp3) is 0.562. The lowest BCUT2D eigenvalue weighted by Crippen LogP contribution is -2.43. The molecule has 1 aromatic rings. The van der Waals surface area contributed by atoms with E-state index >= 15 is 0 Å². The smallest absolute Gasteiger partial charge is 0.416 e. The lowest BCUT2D eigenvalue weighted by atomic mass is 10.1. The Bertz CT molecular complexity index is 564. The van der Waals surface area contributed by atoms with E-state index in [9.17, 15) is 18.0 Å². The number of nitrogens with one attached hydrogen (secondary N) is 2. The number of hydrogen-bond donors (Lipinski definition) is 2. The quantitative estimate of drug-likeness (QED) is 0.793. The van der Waals surface area contributed by atoms with Gasteiger partial charge in [-0.15, -0.1) is 12.4 Å². The molecule has 2 rings (SSSR count). The third kappa shape index (κ3) is 6.72. The summed E-state index contributed by atoms with van der Waals surface area (Å²) in [5.74, 6) is -0.162. The van der Waals surface area contributed by atoms with Crippen LogP contribution >= 0.6 is 12.4 Å². The molecule has 0 saturated carbocycles. The molecule has 0 spiro atoms. The van der Waals surface area contributed by atoms with Gasteiger partial charge in [-0.25, -0.2) is 0 Å². The van der Waals surface area contributed by atoms with Gasteiger partial charge in [0.1, 0.15) is 5.75 Å². The SMILES string of the molecule is CCCOc1ccc(C(F)(F)F)cc1NC(=O)CC1COCCN1.Cl. The fourth-order valence-corrected chi connectivity index (χ4v) is 2.32. The molecule has 1 aliphatic rings. The van der Waals surface area contributed by atoms with Crippen LogP contribution in [0.2, 0.25) is 0 Å². The molecule has 1 heterocycles. The van der Waals surface area contributed by atoms with Crippen molar-refractivity contribution in [3.8, 4) is 5.75 Å². The molecule has 5 nitrogen and oxygen atoms in total. The summed E-state index contributed by atoms with van der Waals surface area (Å²) in [4.78, 5) is 12.1. The number of alkyl halides is 3. The highest BCUT2D eigenvalue weighted by molar-refractivity contribution is 5.92. The first-order valence-corrected chi connectivity index (χ1v) is 7.85. The molecule has 1 amide bonds. The molecule has 0 bridgehead atoms. The highest BCUT2D eigenvalue weighted by Crippen LogP contribution is 2.35. The second kappa shape index (κ2) is 9.84. The molecule has 1 fully saturated rings. The van der Waals surface area contributed by atoms with Crippen LogP contribution in [-0.2, 0) is 15.7 Å². The van der Waals surface area contributed by atoms with Gasteiger partial charge >= 0.3 is 6.18 Å². The first-order chi connectivity index (χ1) is 11.4. The molecule has 25 heavy (non-hydrogen) atoms. The standard InChI is InChI=1S/C16H21F3N2O3.ClH/c1-2-6-24-14-4-3-11(16(17,18)19)8-13(14)21-15(22)9-12-10-23-7-5-20-12;/h3-4,8,12,20H,2,5-7,9-10H2,1H3,(H,21,22);1H. The van der Waals surface area contributed by atoms with Crippen LogP contribution in [0.25, 0.3) is 0 Å². The van der Waals surface area contributed by atoms with E-state index in [1.807, 2.05) is 6.92 Å². The van der Waals surface area contributed by atoms with Gasteiger partial charge in [-0.3, -0.25) is 4.79 Å². The van der Waals surface area contributed by atoms with Crippen molar-refractivity contribution in [1.29, 1.82) is 0 Å². The Labute approximate surface area is 150 Å². The van der Waals surface area contributed by atoms with Crippen molar-refractivity contribution in [1.82, 2.24) is 5.32 Å². The maximum atomic E-state index is 12.9. The summed E-state index contributed by atoms with van der Waals surface area (Å²) < 4.78 is 49.3. The van der Waals surface area contributed by atoms with Crippen LogP contribution in [0, 0.1) is 0 Å². The Morgan fingerprint density at radius 2 is 2.20 bits per heavy atom. The van der Waals surface area contributed by atoms with Crippen molar-refractivity contribution in [3.63, 3.8) is 0 Å². The lowest BCUT2D eigenvalue weighted by molar-refractivity contribution is -0.137. The molecule has 0 aromatic heterocycles. The van der Waals surface area contributed by atoms with E-state index < -0.39 is 17.6 Å². The molecule has 1 aliphatic heterocycles. The minimum Gasteiger partial charge on any atom is -0.491 e. The zero-order valence-corrected chi connectivity index (χ0v) is 14.6. The molecular formula is C16H22ClF3N2O3. The Balaban J connectivity index is 0.00000312. The number of hydrogen-bond acceptors (Lipinski definition) is 4. The summed E-state index contributed by atoms with van der Waals surface area (Å²) in [5.41, 5.74) is -0.805. The zero-order valence-electron chi connectivity index (χ0n) is 13.8. The normalized spacial score (nSPS) is 17.5. The monoisotopic (exact) mass is 382 g/mol. The summed E-state index contributed by atoms with van der Waals surface area (Å²) >= 11 is 0. The highest BCUT2D eigenvalue weighted by atomic mass is 35.5. The number of rotatable bonds is 6. The number of carbonyl (C=O) groups is 1. The molecular weight excluding hydrogens is 361 g/mol. The van der Waals surface area contributed by atoms with Crippen LogP contribution in [-0.4, -0.2) is 38.3 Å². The molecule has 1 aromatic carbocycles. The molecule has 9 heteroatoms. The van der Waals surface area contributed by atoms with Gasteiger partial charge in [-0.2, -0.15) is 13.2 Å². The van der Waals surface area contributed by atoms with E-state index in [-0.39, 0.29) is 36.3 Å². The minimum absolute atomic E-state index is 0. The average Bonchev–Trinajstić information content (AvgIpc) is 2.53. The molecule has 1 saturated heterocycles. The third-order valence-electron chi connectivity index (χ3n) is 3.47. The van der Waals surface area contributed by atoms with Gasteiger partial charge in [-0.1, -0.05) is 6.92 Å². The number of morpholine rings is 1. The van der Waals surface area contributed by atoms with Crippen LogP contribution in [0.1, 0.15) is 25.3 Å². The zero-order chi connectivity index (χ0) is 17.6. The maximum Gasteiger partial charge on any atom is 0.416 e. The Morgan fingerprint density at radius 3 is 2.80 bits per heavy atom. The topological polar surface area (TPSA) is 59.6 Å². The number of benzene rings is 1. The summed E-state index contributed by atoms with van der Waals surface area (Å²) in [6, 6.07) is 2.92. The number of anilines is 1. The predicted octanol–water partition coefficient (Wildman–Crippen LogP) is 3.23. The van der Waals surface area contributed by atoms with E-state index in [4.69, 9.17) is 9.47 Å². The molecule has 1 unspecified atom stereocenters. The van der Waals surface area contributed by atoms with Crippen LogP contribution < -0.4 is 15.4 Å². The summed E-state index contributed by atoms with van der Waals surface area (Å²) in [7, 11) is 0. The molecule has 0 radical (unpaired) electrons. The van der Waals surface area contributed by atoms with Crippen LogP contribution in [0.15, 0.2) is 18.2 Å². The van der Waals surface area contributed by atoms with Gasteiger partial charge in [0.05, 0.1) is 31.1 Å². The van der Waals surface area contributed by atoms with Crippen LogP contribution in [0.3, 0.4) is 0 Å². The van der Waals surface area contributed by atoms with Gasteiger partial charge in [0, 0.05) is 19.0 Å². The van der Waals surface area contributed by atoms with Crippen LogP contribution in [0.5, 0.6) is 5.75 Å². The van der Waals surface area contributed by atoms with Crippen LogP contribution in [0.4, 0.5) is 18.9 Å². The molecule has 1 atom stereocenters. The molecule has 0 aliphatic carbocycles. The first kappa shape index (κ1) is 21.5. The predicted molar refractivity (Wildman–Crippen MR) is 90.3 cm³/mol. The fourth-order valence-electron chi connectivity index (χ4n) is 2.32. The molecule has 2 N–H and O–H groups in total. The van der Waals surface area contributed by atoms with Crippen molar-refractivity contribution >= 4 is 24.0 Å². The highest BCUT2D eigenvalue weighted by Gasteiger charge is 2.31. The summed E-state index contributed by atoms with van der Waals surface area (Å²) in [6.07, 6.45) is -3.66. The van der Waals surface area contributed by atoms with Crippen molar-refractivity contribution < 1.29 is 27.4 Å². The van der Waals surface area contributed by atoms with Crippen molar-refractivity contribution in [2.24, 2.45) is 0 Å². The summed E-state index contributed by atoms with van der Waals surface area (Å²) in [5, 5.41) is 5.64. The average molecular weight is 383 g/mol. The van der Waals surface area contributed by atoms with E-state index in [1.54, 1.807) is 0 Å². The largest absolute Gasteiger partial charge is 0.491 e. The van der Waals surface area contributed by atoms with Gasteiger partial charge in [0.15, 0.2) is 0 Å². The second-order valence-electron chi connectivity index (χ2n) is 5.54. The van der Waals surface area contributed by atoms with E-state index in [0.29, 0.717) is 32.8 Å². The van der Waals surface area contributed by atoms with Gasteiger partial charge < -0.3 is 20.1 Å². The first-order valence-electron chi connectivity index (χ1n) is 7.85. The van der Waals surface area contributed by atoms with E-state index in [0.717, 1.165) is 12.1 Å². The molecule has 142 valence electrons. The number of halogens is 4. The van der Waals surface area contributed by atoms with E-state index in [2.05, 4.69) is 10.6 Å². The summed E-state index contributed by atoms with van der Waals surface area (Å²) in [6.45, 7) is 3.87.